The number of carbonyl (C=O) groups excluding carboxylic acids is 2. The number of nitrogens with zero attached hydrogens (tertiary/aromatic N) is 3. The molecule has 0 atom stereocenters. The molecule has 0 saturated carbocycles. The molecular weight excluding hydrogens is 248 g/mol. The summed E-state index contributed by atoms with van der Waals surface area (Å²) in [6.07, 6.45) is 2.16. The van der Waals surface area contributed by atoms with Crippen LogP contribution in [0.5, 0.6) is 0 Å². The number of nitrogen functional groups attached to an aromatic ring is 1. The highest BCUT2D eigenvalue weighted by molar-refractivity contribution is 5.98. The van der Waals surface area contributed by atoms with E-state index in [0.29, 0.717) is 18.8 Å². The number of carbonyl (C=O) groups is 2. The van der Waals surface area contributed by atoms with Gasteiger partial charge in [0.15, 0.2) is 0 Å². The Morgan fingerprint density at radius 1 is 1.47 bits per heavy atom. The van der Waals surface area contributed by atoms with Gasteiger partial charge >= 0.3 is 5.97 Å². The predicted molar refractivity (Wildman–Crippen MR) is 70.4 cm³/mol. The van der Waals surface area contributed by atoms with Gasteiger partial charge in [-0.05, 0) is 13.3 Å². The highest BCUT2D eigenvalue weighted by Gasteiger charge is 2.23. The molecule has 1 aromatic rings. The Hall–Kier alpha value is -2.05. The molecule has 0 aliphatic heterocycles. The maximum absolute atomic E-state index is 12.4. The van der Waals surface area contributed by atoms with Crippen molar-refractivity contribution in [2.45, 2.75) is 20.3 Å². The highest BCUT2D eigenvalue weighted by Crippen LogP contribution is 2.13. The minimum Gasteiger partial charge on any atom is -0.465 e. The number of rotatable bonds is 6. The van der Waals surface area contributed by atoms with Gasteiger partial charge in [0.05, 0.1) is 18.5 Å². The third-order valence-electron chi connectivity index (χ3n) is 2.58. The second kappa shape index (κ2) is 6.77. The monoisotopic (exact) mass is 268 g/mol. The highest BCUT2D eigenvalue weighted by atomic mass is 16.5. The van der Waals surface area contributed by atoms with E-state index in [9.17, 15) is 9.59 Å². The van der Waals surface area contributed by atoms with E-state index in [2.05, 4.69) is 5.10 Å². The Morgan fingerprint density at radius 2 is 2.16 bits per heavy atom. The zero-order valence-corrected chi connectivity index (χ0v) is 11.5. The van der Waals surface area contributed by atoms with Crippen molar-refractivity contribution in [1.82, 2.24) is 14.7 Å². The number of aromatic nitrogens is 2. The second-order valence-electron chi connectivity index (χ2n) is 4.10. The molecule has 7 nitrogen and oxygen atoms in total. The van der Waals surface area contributed by atoms with E-state index in [-0.39, 0.29) is 18.1 Å². The molecule has 19 heavy (non-hydrogen) atoms. The van der Waals surface area contributed by atoms with Gasteiger partial charge in [0, 0.05) is 13.6 Å². The van der Waals surface area contributed by atoms with Crippen molar-refractivity contribution < 1.29 is 14.3 Å². The topological polar surface area (TPSA) is 90.4 Å². The van der Waals surface area contributed by atoms with Crippen LogP contribution >= 0.6 is 0 Å². The van der Waals surface area contributed by atoms with Crippen molar-refractivity contribution >= 4 is 17.6 Å². The number of anilines is 1. The molecule has 1 amide bonds. The summed E-state index contributed by atoms with van der Waals surface area (Å²) in [5.74, 6) is -0.738. The van der Waals surface area contributed by atoms with Gasteiger partial charge in [0.2, 0.25) is 0 Å². The SMILES string of the molecule is CCCN(CC(=O)OCC)C(=O)c1c(N)cnn1C. The molecule has 0 aliphatic rings. The average Bonchev–Trinajstić information content (AvgIpc) is 2.68. The molecule has 1 rings (SSSR count). The van der Waals surface area contributed by atoms with E-state index in [1.165, 1.54) is 15.8 Å². The maximum atomic E-state index is 12.4. The van der Waals surface area contributed by atoms with Gasteiger partial charge in [-0.3, -0.25) is 14.3 Å². The minimum absolute atomic E-state index is 0.0782. The van der Waals surface area contributed by atoms with Crippen LogP contribution in [0.25, 0.3) is 0 Å². The van der Waals surface area contributed by atoms with Crippen molar-refractivity contribution in [1.29, 1.82) is 0 Å². The first-order chi connectivity index (χ1) is 9.01. The number of ether oxygens (including phenoxy) is 1. The molecule has 0 bridgehead atoms. The normalized spacial score (nSPS) is 10.3. The van der Waals surface area contributed by atoms with Crippen LogP contribution in [0.15, 0.2) is 6.20 Å². The first-order valence-electron chi connectivity index (χ1n) is 6.23. The fourth-order valence-corrected chi connectivity index (χ4v) is 1.75. The zero-order valence-electron chi connectivity index (χ0n) is 11.5. The van der Waals surface area contributed by atoms with E-state index in [1.807, 2.05) is 6.92 Å². The summed E-state index contributed by atoms with van der Waals surface area (Å²) in [6, 6.07) is 0. The Morgan fingerprint density at radius 3 is 2.63 bits per heavy atom. The summed E-state index contributed by atoms with van der Waals surface area (Å²) in [4.78, 5) is 25.3. The van der Waals surface area contributed by atoms with Gasteiger partial charge in [-0.25, -0.2) is 0 Å². The molecule has 1 heterocycles. The summed E-state index contributed by atoms with van der Waals surface area (Å²) >= 11 is 0. The fourth-order valence-electron chi connectivity index (χ4n) is 1.75. The van der Waals surface area contributed by atoms with Crippen molar-refractivity contribution in [2.75, 3.05) is 25.4 Å². The third-order valence-corrected chi connectivity index (χ3v) is 2.58. The number of hydrogen-bond donors (Lipinski definition) is 1. The van der Waals surface area contributed by atoms with Crippen LogP contribution in [0.3, 0.4) is 0 Å². The lowest BCUT2D eigenvalue weighted by atomic mass is 10.3. The molecule has 2 N–H and O–H groups in total. The van der Waals surface area contributed by atoms with Crippen LogP contribution in [0.2, 0.25) is 0 Å². The van der Waals surface area contributed by atoms with E-state index in [0.717, 1.165) is 6.42 Å². The molecule has 0 saturated heterocycles. The quantitative estimate of drug-likeness (QED) is 0.755. The Labute approximate surface area is 112 Å². The van der Waals surface area contributed by atoms with Crippen LogP contribution in [-0.2, 0) is 16.6 Å². The van der Waals surface area contributed by atoms with Crippen molar-refractivity contribution in [3.8, 4) is 0 Å². The van der Waals surface area contributed by atoms with Gasteiger partial charge in [0.1, 0.15) is 12.2 Å². The molecule has 0 radical (unpaired) electrons. The van der Waals surface area contributed by atoms with Crippen LogP contribution in [0, 0.1) is 0 Å². The Kier molecular flexibility index (Phi) is 5.35. The number of aryl methyl sites for hydroxylation is 1. The summed E-state index contributed by atoms with van der Waals surface area (Å²) in [5, 5.41) is 3.92. The molecule has 1 aromatic heterocycles. The zero-order chi connectivity index (χ0) is 14.4. The summed E-state index contributed by atoms with van der Waals surface area (Å²) in [6.45, 7) is 4.33. The van der Waals surface area contributed by atoms with Gasteiger partial charge in [-0.2, -0.15) is 5.10 Å². The fraction of sp³-hybridized carbons (Fsp3) is 0.583. The number of hydrogen-bond acceptors (Lipinski definition) is 5. The standard InChI is InChI=1S/C12H20N4O3/c1-4-6-16(8-10(17)19-5-2)12(18)11-9(13)7-14-15(11)3/h7H,4-6,8,13H2,1-3H3. The lowest BCUT2D eigenvalue weighted by molar-refractivity contribution is -0.143. The lowest BCUT2D eigenvalue weighted by Gasteiger charge is -2.21. The molecule has 0 fully saturated rings. The van der Waals surface area contributed by atoms with Crippen molar-refractivity contribution in [2.24, 2.45) is 7.05 Å². The van der Waals surface area contributed by atoms with Gasteiger partial charge in [-0.1, -0.05) is 6.92 Å². The van der Waals surface area contributed by atoms with Gasteiger partial charge < -0.3 is 15.4 Å². The largest absolute Gasteiger partial charge is 0.465 e. The van der Waals surface area contributed by atoms with E-state index in [1.54, 1.807) is 14.0 Å². The van der Waals surface area contributed by atoms with E-state index in [4.69, 9.17) is 10.5 Å². The summed E-state index contributed by atoms with van der Waals surface area (Å²) in [5.41, 5.74) is 6.31. The van der Waals surface area contributed by atoms with E-state index >= 15 is 0 Å². The number of amides is 1. The maximum Gasteiger partial charge on any atom is 0.325 e. The molecule has 7 heteroatoms. The average molecular weight is 268 g/mol. The minimum atomic E-state index is -0.426. The number of esters is 1. The van der Waals surface area contributed by atoms with E-state index < -0.39 is 5.97 Å². The smallest absolute Gasteiger partial charge is 0.325 e. The van der Waals surface area contributed by atoms with Crippen LogP contribution in [-0.4, -0.2) is 46.3 Å². The predicted octanol–water partition coefficient (Wildman–Crippen LogP) is 0.418. The second-order valence-corrected chi connectivity index (χ2v) is 4.10. The first kappa shape index (κ1) is 15.0. The number of nitrogens with two attached hydrogens (primary N) is 1. The van der Waals surface area contributed by atoms with Crippen LogP contribution < -0.4 is 5.73 Å². The Bertz CT molecular complexity index is 436. The lowest BCUT2D eigenvalue weighted by Crippen LogP contribution is -2.38. The van der Waals surface area contributed by atoms with Crippen molar-refractivity contribution in [3.63, 3.8) is 0 Å². The summed E-state index contributed by atoms with van der Waals surface area (Å²) in [7, 11) is 1.64. The van der Waals surface area contributed by atoms with Crippen LogP contribution in [0.1, 0.15) is 30.8 Å². The molecular formula is C12H20N4O3. The first-order valence-corrected chi connectivity index (χ1v) is 6.23. The van der Waals surface area contributed by atoms with Crippen LogP contribution in [0.4, 0.5) is 5.69 Å². The molecule has 0 aliphatic carbocycles. The summed E-state index contributed by atoms with van der Waals surface area (Å²) < 4.78 is 6.27. The van der Waals surface area contributed by atoms with Crippen molar-refractivity contribution in [3.05, 3.63) is 11.9 Å². The molecule has 106 valence electrons. The molecule has 0 unspecified atom stereocenters. The Balaban J connectivity index is 2.87. The van der Waals surface area contributed by atoms with Gasteiger partial charge in [0.25, 0.3) is 5.91 Å². The molecule has 0 spiro atoms. The van der Waals surface area contributed by atoms with Gasteiger partial charge in [-0.15, -0.1) is 0 Å². The molecule has 0 aromatic carbocycles. The third kappa shape index (κ3) is 3.70.